The van der Waals surface area contributed by atoms with Crippen LogP contribution >= 0.6 is 23.2 Å². The van der Waals surface area contributed by atoms with E-state index in [-0.39, 0.29) is 11.9 Å². The highest BCUT2D eigenvalue weighted by Crippen LogP contribution is 2.28. The van der Waals surface area contributed by atoms with E-state index in [1.54, 1.807) is 32.2 Å². The third-order valence-electron chi connectivity index (χ3n) is 4.16. The van der Waals surface area contributed by atoms with E-state index >= 15 is 0 Å². The largest absolute Gasteiger partial charge is 0.496 e. The summed E-state index contributed by atoms with van der Waals surface area (Å²) in [5.41, 5.74) is 1.00. The van der Waals surface area contributed by atoms with Gasteiger partial charge >= 0.3 is 0 Å². The molecule has 0 aliphatic rings. The van der Waals surface area contributed by atoms with Crippen LogP contribution in [-0.4, -0.2) is 44.7 Å². The molecule has 0 spiro atoms. The maximum atomic E-state index is 12.5. The van der Waals surface area contributed by atoms with Gasteiger partial charge in [-0.1, -0.05) is 41.4 Å². The molecule has 0 aromatic heterocycles. The molecule has 0 radical (unpaired) electrons. The summed E-state index contributed by atoms with van der Waals surface area (Å²) in [4.78, 5) is 14.5. The summed E-state index contributed by atoms with van der Waals surface area (Å²) >= 11 is 11.9. The van der Waals surface area contributed by atoms with Crippen molar-refractivity contribution >= 4 is 29.1 Å². The number of amides is 1. The standard InChI is InChI=1S/C20H24Cl2N2O3/c1-13(27-14-9-10-16(21)17(22)11-14)20(25)23-12-18(24(2)3)15-7-5-6-8-19(15)26-4/h5-11,13,18H,12H2,1-4H3,(H,23,25). The number of carbonyl (C=O) groups excluding carboxylic acids is 1. The Morgan fingerprint density at radius 1 is 1.15 bits per heavy atom. The fourth-order valence-corrected chi connectivity index (χ4v) is 2.95. The third-order valence-corrected chi connectivity index (χ3v) is 4.90. The van der Waals surface area contributed by atoms with Crippen LogP contribution in [0.4, 0.5) is 0 Å². The first-order chi connectivity index (χ1) is 12.8. The SMILES string of the molecule is COc1ccccc1C(CNC(=O)C(C)Oc1ccc(Cl)c(Cl)c1)N(C)C. The van der Waals surface area contributed by atoms with E-state index in [0.29, 0.717) is 22.3 Å². The normalized spacial score (nSPS) is 13.1. The second kappa shape index (κ2) is 9.83. The molecule has 0 aliphatic carbocycles. The van der Waals surface area contributed by atoms with Crippen LogP contribution in [0.1, 0.15) is 18.5 Å². The highest BCUT2D eigenvalue weighted by molar-refractivity contribution is 6.42. The summed E-state index contributed by atoms with van der Waals surface area (Å²) in [6.07, 6.45) is -0.678. The monoisotopic (exact) mass is 410 g/mol. The number of nitrogens with one attached hydrogen (secondary N) is 1. The average molecular weight is 411 g/mol. The van der Waals surface area contributed by atoms with E-state index in [2.05, 4.69) is 5.32 Å². The molecule has 0 aliphatic heterocycles. The van der Waals surface area contributed by atoms with Gasteiger partial charge in [0.1, 0.15) is 11.5 Å². The molecule has 1 amide bonds. The van der Waals surface area contributed by atoms with Gasteiger partial charge in [0, 0.05) is 18.2 Å². The van der Waals surface area contributed by atoms with Gasteiger partial charge in [-0.25, -0.2) is 0 Å². The van der Waals surface area contributed by atoms with Crippen molar-refractivity contribution in [1.29, 1.82) is 0 Å². The molecule has 2 unspecified atom stereocenters. The smallest absolute Gasteiger partial charge is 0.260 e. The Morgan fingerprint density at radius 2 is 1.85 bits per heavy atom. The maximum absolute atomic E-state index is 12.5. The van der Waals surface area contributed by atoms with Crippen molar-refractivity contribution in [3.8, 4) is 11.5 Å². The molecule has 7 heteroatoms. The van der Waals surface area contributed by atoms with Crippen LogP contribution in [0.15, 0.2) is 42.5 Å². The minimum Gasteiger partial charge on any atom is -0.496 e. The lowest BCUT2D eigenvalue weighted by Gasteiger charge is -2.27. The molecule has 27 heavy (non-hydrogen) atoms. The number of likely N-dealkylation sites (N-methyl/N-ethyl adjacent to an activating group) is 1. The number of hydrogen-bond acceptors (Lipinski definition) is 4. The Hall–Kier alpha value is -1.95. The molecule has 0 saturated heterocycles. The summed E-state index contributed by atoms with van der Waals surface area (Å²) < 4.78 is 11.1. The number of methoxy groups -OCH3 is 1. The van der Waals surface area contributed by atoms with Gasteiger partial charge in [0.2, 0.25) is 0 Å². The van der Waals surface area contributed by atoms with Crippen LogP contribution in [0.25, 0.3) is 0 Å². The van der Waals surface area contributed by atoms with Crippen LogP contribution in [-0.2, 0) is 4.79 Å². The van der Waals surface area contributed by atoms with Gasteiger partial charge in [-0.2, -0.15) is 0 Å². The molecule has 0 saturated carbocycles. The first-order valence-corrected chi connectivity index (χ1v) is 9.27. The van der Waals surface area contributed by atoms with E-state index in [0.717, 1.165) is 11.3 Å². The van der Waals surface area contributed by atoms with Gasteiger partial charge in [0.25, 0.3) is 5.91 Å². The topological polar surface area (TPSA) is 50.8 Å². The Morgan fingerprint density at radius 3 is 2.48 bits per heavy atom. The molecule has 2 aromatic rings. The second-order valence-corrected chi connectivity index (χ2v) is 7.12. The van der Waals surface area contributed by atoms with E-state index in [1.807, 2.05) is 43.3 Å². The van der Waals surface area contributed by atoms with Gasteiger partial charge in [-0.05, 0) is 39.2 Å². The Kier molecular flexibility index (Phi) is 7.78. The minimum atomic E-state index is -0.678. The molecule has 2 rings (SSSR count). The number of nitrogens with zero attached hydrogens (tertiary/aromatic N) is 1. The summed E-state index contributed by atoms with van der Waals surface area (Å²) in [5, 5.41) is 3.76. The van der Waals surface area contributed by atoms with Crippen molar-refractivity contribution in [1.82, 2.24) is 10.2 Å². The number of halogens is 2. The van der Waals surface area contributed by atoms with E-state index in [9.17, 15) is 4.79 Å². The maximum Gasteiger partial charge on any atom is 0.260 e. The molecule has 5 nitrogen and oxygen atoms in total. The third kappa shape index (κ3) is 5.76. The second-order valence-electron chi connectivity index (χ2n) is 6.30. The van der Waals surface area contributed by atoms with Gasteiger partial charge in [0.05, 0.1) is 23.2 Å². The lowest BCUT2D eigenvalue weighted by atomic mass is 10.0. The quantitative estimate of drug-likeness (QED) is 0.708. The number of benzene rings is 2. The molecule has 2 aromatic carbocycles. The lowest BCUT2D eigenvalue weighted by Crippen LogP contribution is -2.41. The van der Waals surface area contributed by atoms with Crippen LogP contribution in [0.3, 0.4) is 0 Å². The minimum absolute atomic E-state index is 0.0396. The molecule has 0 fully saturated rings. The lowest BCUT2D eigenvalue weighted by molar-refractivity contribution is -0.127. The summed E-state index contributed by atoms with van der Waals surface area (Å²) in [5.74, 6) is 1.05. The van der Waals surface area contributed by atoms with Gasteiger partial charge in [-0.15, -0.1) is 0 Å². The fourth-order valence-electron chi connectivity index (χ4n) is 2.66. The number of carbonyl (C=O) groups is 1. The summed E-state index contributed by atoms with van der Waals surface area (Å²) in [6, 6.07) is 12.6. The van der Waals surface area contributed by atoms with Crippen LogP contribution in [0.5, 0.6) is 11.5 Å². The van der Waals surface area contributed by atoms with Crippen molar-refractivity contribution in [3.05, 3.63) is 58.1 Å². The first-order valence-electron chi connectivity index (χ1n) is 8.52. The molecule has 1 N–H and O–H groups in total. The van der Waals surface area contributed by atoms with Crippen LogP contribution in [0, 0.1) is 0 Å². The van der Waals surface area contributed by atoms with Crippen molar-refractivity contribution < 1.29 is 14.3 Å². The van der Waals surface area contributed by atoms with Crippen molar-refractivity contribution in [3.63, 3.8) is 0 Å². The molecular weight excluding hydrogens is 387 g/mol. The van der Waals surface area contributed by atoms with Gasteiger partial charge < -0.3 is 19.7 Å². The molecule has 0 bridgehead atoms. The Bertz CT molecular complexity index is 784. The summed E-state index contributed by atoms with van der Waals surface area (Å²) in [6.45, 7) is 2.10. The van der Waals surface area contributed by atoms with Crippen LogP contribution < -0.4 is 14.8 Å². The molecule has 146 valence electrons. The first kappa shape index (κ1) is 21.4. The van der Waals surface area contributed by atoms with Crippen molar-refractivity contribution in [2.45, 2.75) is 19.1 Å². The highest BCUT2D eigenvalue weighted by atomic mass is 35.5. The zero-order valence-electron chi connectivity index (χ0n) is 15.8. The summed E-state index contributed by atoms with van der Waals surface area (Å²) in [7, 11) is 5.55. The zero-order chi connectivity index (χ0) is 20.0. The number of para-hydroxylation sites is 1. The molecular formula is C20H24Cl2N2O3. The number of hydrogen-bond donors (Lipinski definition) is 1. The average Bonchev–Trinajstić information content (AvgIpc) is 2.64. The predicted octanol–water partition coefficient (Wildman–Crippen LogP) is 4.19. The van der Waals surface area contributed by atoms with Gasteiger partial charge in [-0.3, -0.25) is 4.79 Å². The predicted molar refractivity (Wildman–Crippen MR) is 109 cm³/mol. The van der Waals surface area contributed by atoms with E-state index in [4.69, 9.17) is 32.7 Å². The van der Waals surface area contributed by atoms with E-state index < -0.39 is 6.10 Å². The van der Waals surface area contributed by atoms with Crippen molar-refractivity contribution in [2.24, 2.45) is 0 Å². The van der Waals surface area contributed by atoms with Crippen LogP contribution in [0.2, 0.25) is 10.0 Å². The van der Waals surface area contributed by atoms with Gasteiger partial charge in [0.15, 0.2) is 6.10 Å². The number of rotatable bonds is 8. The zero-order valence-corrected chi connectivity index (χ0v) is 17.3. The fraction of sp³-hybridized carbons (Fsp3) is 0.350. The Labute approximate surface area is 170 Å². The number of ether oxygens (including phenoxy) is 2. The molecule has 0 heterocycles. The highest BCUT2D eigenvalue weighted by Gasteiger charge is 2.21. The molecule has 2 atom stereocenters. The van der Waals surface area contributed by atoms with E-state index in [1.165, 1.54) is 0 Å². The Balaban J connectivity index is 2.01. The van der Waals surface area contributed by atoms with Crippen molar-refractivity contribution in [2.75, 3.05) is 27.7 Å².